The quantitative estimate of drug-likeness (QED) is 0.542. The van der Waals surface area contributed by atoms with Crippen LogP contribution in [0.2, 0.25) is 0 Å². The molecule has 0 radical (unpaired) electrons. The topological polar surface area (TPSA) is 109 Å². The number of aromatic amines is 1. The number of esters is 1. The molecule has 1 aliphatic carbocycles. The van der Waals surface area contributed by atoms with E-state index in [4.69, 9.17) is 24.0 Å². The van der Waals surface area contributed by atoms with E-state index in [1.165, 1.54) is 0 Å². The molecule has 5 aliphatic rings. The Kier molecular flexibility index (Phi) is 4.72. The summed E-state index contributed by atoms with van der Waals surface area (Å²) in [6.07, 6.45) is 1.92. The second-order valence-corrected chi connectivity index (χ2v) is 10.1. The Morgan fingerprint density at radius 2 is 1.97 bits per heavy atom. The third kappa shape index (κ3) is 3.10. The van der Waals surface area contributed by atoms with Gasteiger partial charge in [0, 0.05) is 18.3 Å². The minimum atomic E-state index is -0.913. The minimum Gasteiger partial charge on any atom is -0.430 e. The number of nitrogens with zero attached hydrogens (tertiary/aromatic N) is 1. The summed E-state index contributed by atoms with van der Waals surface area (Å²) in [5.41, 5.74) is -0.574. The van der Waals surface area contributed by atoms with E-state index in [9.17, 15) is 9.59 Å². The number of nitrogens with one attached hydrogen (secondary N) is 1. The summed E-state index contributed by atoms with van der Waals surface area (Å²) in [5.74, 6) is -1.25. The highest BCUT2D eigenvalue weighted by Crippen LogP contribution is 2.60. The number of hydrogen-bond acceptors (Lipinski definition) is 8. The van der Waals surface area contributed by atoms with E-state index in [0.717, 1.165) is 19.3 Å². The molecule has 0 amide bonds. The van der Waals surface area contributed by atoms with Gasteiger partial charge < -0.3 is 19.2 Å². The van der Waals surface area contributed by atoms with Gasteiger partial charge in [-0.15, -0.1) is 0 Å². The number of aromatic nitrogens is 2. The molecular weight excluding hydrogens is 428 g/mol. The predicted octanol–water partition coefficient (Wildman–Crippen LogP) is 3.29. The van der Waals surface area contributed by atoms with Crippen molar-refractivity contribution in [3.05, 3.63) is 40.3 Å². The van der Waals surface area contributed by atoms with Crippen LogP contribution in [-0.2, 0) is 24.0 Å². The third-order valence-electron chi connectivity index (χ3n) is 8.11. The van der Waals surface area contributed by atoms with Crippen LogP contribution >= 0.6 is 0 Å². The van der Waals surface area contributed by atoms with Crippen LogP contribution in [0.5, 0.6) is 0 Å². The lowest BCUT2D eigenvalue weighted by Gasteiger charge is -2.59. The summed E-state index contributed by atoms with van der Waals surface area (Å²) in [6, 6.07) is 7.03. The molecule has 2 bridgehead atoms. The number of benzene rings is 1. The van der Waals surface area contributed by atoms with Gasteiger partial charge in [-0.3, -0.25) is 4.79 Å². The number of hydrogen-bond donors (Lipinski definition) is 1. The Morgan fingerprint density at radius 3 is 2.82 bits per heavy atom. The van der Waals surface area contributed by atoms with Crippen molar-refractivity contribution in [1.29, 1.82) is 0 Å². The fourth-order valence-electron chi connectivity index (χ4n) is 6.34. The Bertz CT molecular complexity index is 1170. The van der Waals surface area contributed by atoms with Crippen LogP contribution in [0.15, 0.2) is 29.1 Å². The zero-order chi connectivity index (χ0) is 23.0. The van der Waals surface area contributed by atoms with E-state index in [-0.39, 0.29) is 23.4 Å². The van der Waals surface area contributed by atoms with Crippen LogP contribution in [0.1, 0.15) is 56.9 Å². The molecule has 1 N–H and O–H groups in total. The van der Waals surface area contributed by atoms with Crippen LogP contribution < -0.4 is 5.56 Å². The maximum Gasteiger partial charge on any atom is 0.365 e. The maximum atomic E-state index is 13.0. The van der Waals surface area contributed by atoms with Crippen molar-refractivity contribution in [1.82, 2.24) is 9.97 Å². The molecule has 1 aromatic heterocycles. The summed E-state index contributed by atoms with van der Waals surface area (Å²) >= 11 is 0. The molecule has 1 spiro atoms. The lowest BCUT2D eigenvalue weighted by atomic mass is 9.58. The molecule has 9 nitrogen and oxygen atoms in total. The molecular formula is C24H28N2O7. The largest absolute Gasteiger partial charge is 0.430 e. The fraction of sp³-hybridized carbons (Fsp3) is 0.625. The molecule has 8 atom stereocenters. The molecule has 0 unspecified atom stereocenters. The molecule has 5 heterocycles. The first-order valence-corrected chi connectivity index (χ1v) is 11.7. The molecule has 4 saturated heterocycles. The highest BCUT2D eigenvalue weighted by molar-refractivity contribution is 5.89. The number of para-hydroxylation sites is 2. The molecule has 2 aromatic rings. The van der Waals surface area contributed by atoms with Gasteiger partial charge in [0.05, 0.1) is 11.0 Å². The number of H-pyrrole nitrogens is 1. The first-order valence-electron chi connectivity index (χ1n) is 11.7. The molecule has 4 aliphatic heterocycles. The molecule has 176 valence electrons. The Labute approximate surface area is 190 Å². The van der Waals surface area contributed by atoms with Crippen LogP contribution in [0, 0.1) is 23.7 Å². The second kappa shape index (κ2) is 7.33. The summed E-state index contributed by atoms with van der Waals surface area (Å²) in [5, 5.41) is 0. The first-order chi connectivity index (χ1) is 15.8. The maximum absolute atomic E-state index is 13.0. The van der Waals surface area contributed by atoms with E-state index in [0.29, 0.717) is 23.4 Å². The van der Waals surface area contributed by atoms with Crippen molar-refractivity contribution in [3.8, 4) is 0 Å². The number of fused-ring (bicyclic) bond motifs is 3. The van der Waals surface area contributed by atoms with Crippen molar-refractivity contribution in [2.24, 2.45) is 23.7 Å². The molecule has 5 fully saturated rings. The van der Waals surface area contributed by atoms with Crippen molar-refractivity contribution >= 4 is 17.0 Å². The number of ether oxygens (including phenoxy) is 3. The zero-order valence-corrected chi connectivity index (χ0v) is 18.9. The molecule has 9 heteroatoms. The van der Waals surface area contributed by atoms with Gasteiger partial charge in [0.15, 0.2) is 11.9 Å². The van der Waals surface area contributed by atoms with Gasteiger partial charge in [-0.05, 0) is 50.2 Å². The summed E-state index contributed by atoms with van der Waals surface area (Å²) < 4.78 is 18.3. The first kappa shape index (κ1) is 21.2. The monoisotopic (exact) mass is 456 g/mol. The number of carbonyl (C=O) groups is 1. The standard InChI is InChI=1S/C24H28N2O7/c1-12-8-9-15-13(2)21(30-22-24(15)14(12)10-11-23(3,31-22)32-33-24)29-20(28)18-19(27)26-17-7-5-4-6-16(17)25-18/h4-7,12-15,21-22H,8-11H2,1-3H3,(H,26,27)/t12-,13-,14+,15+,21+,22-,23+,24-/m1/s1. The van der Waals surface area contributed by atoms with Gasteiger partial charge in [0.1, 0.15) is 0 Å². The van der Waals surface area contributed by atoms with Gasteiger partial charge in [-0.2, -0.15) is 0 Å². The predicted molar refractivity (Wildman–Crippen MR) is 115 cm³/mol. The van der Waals surface area contributed by atoms with E-state index in [1.807, 2.05) is 13.8 Å². The highest BCUT2D eigenvalue weighted by atomic mass is 17.3. The van der Waals surface area contributed by atoms with Crippen molar-refractivity contribution in [2.75, 3.05) is 0 Å². The molecule has 33 heavy (non-hydrogen) atoms. The Morgan fingerprint density at radius 1 is 1.15 bits per heavy atom. The van der Waals surface area contributed by atoms with Crippen LogP contribution in [0.4, 0.5) is 0 Å². The second-order valence-electron chi connectivity index (χ2n) is 10.1. The fourth-order valence-corrected chi connectivity index (χ4v) is 6.34. The van der Waals surface area contributed by atoms with Crippen LogP contribution in [0.3, 0.4) is 0 Å². The van der Waals surface area contributed by atoms with Gasteiger partial charge in [0.2, 0.25) is 17.8 Å². The third-order valence-corrected chi connectivity index (χ3v) is 8.11. The van der Waals surface area contributed by atoms with E-state index >= 15 is 0 Å². The highest BCUT2D eigenvalue weighted by Gasteiger charge is 2.69. The summed E-state index contributed by atoms with van der Waals surface area (Å²) in [4.78, 5) is 44.3. The van der Waals surface area contributed by atoms with E-state index in [1.54, 1.807) is 24.3 Å². The van der Waals surface area contributed by atoms with Gasteiger partial charge in [0.25, 0.3) is 5.56 Å². The lowest BCUT2D eigenvalue weighted by Crippen LogP contribution is -2.70. The van der Waals surface area contributed by atoms with Crippen LogP contribution in [0.25, 0.3) is 11.0 Å². The lowest BCUT2D eigenvalue weighted by molar-refractivity contribution is -0.576. The number of rotatable bonds is 2. The average molecular weight is 456 g/mol. The summed E-state index contributed by atoms with van der Waals surface area (Å²) in [6.45, 7) is 6.07. The minimum absolute atomic E-state index is 0.0146. The molecule has 1 aromatic carbocycles. The number of carbonyl (C=O) groups excluding carboxylic acids is 1. The van der Waals surface area contributed by atoms with Gasteiger partial charge >= 0.3 is 5.97 Å². The van der Waals surface area contributed by atoms with E-state index < -0.39 is 35.5 Å². The van der Waals surface area contributed by atoms with Gasteiger partial charge in [-0.25, -0.2) is 19.6 Å². The van der Waals surface area contributed by atoms with Crippen LogP contribution in [-0.4, -0.2) is 39.9 Å². The van der Waals surface area contributed by atoms with Crippen molar-refractivity contribution in [3.63, 3.8) is 0 Å². The average Bonchev–Trinajstić information content (AvgIpc) is 3.02. The smallest absolute Gasteiger partial charge is 0.365 e. The SMILES string of the molecule is C[C@H]1[C@@H](OC(=O)c2nc3ccccc3[nH]c2=O)O[C@@H]2O[C@]3(C)CC[C@H]4[C@H](C)CC[C@@H]1[C@@]24OO3. The Balaban J connectivity index is 1.32. The molecule has 1 saturated carbocycles. The van der Waals surface area contributed by atoms with E-state index in [2.05, 4.69) is 16.9 Å². The van der Waals surface area contributed by atoms with Crippen molar-refractivity contribution < 1.29 is 28.8 Å². The molecule has 7 rings (SSSR count). The normalized spacial score (nSPS) is 41.9. The van der Waals surface area contributed by atoms with Gasteiger partial charge in [-0.1, -0.05) is 26.0 Å². The zero-order valence-electron chi connectivity index (χ0n) is 18.9. The van der Waals surface area contributed by atoms with Crippen molar-refractivity contribution in [2.45, 2.75) is 70.4 Å². The summed E-state index contributed by atoms with van der Waals surface area (Å²) in [7, 11) is 0. The Hall–Kier alpha value is -2.33.